The van der Waals surface area contributed by atoms with Gasteiger partial charge in [0.25, 0.3) is 0 Å². The molecule has 1 N–H and O–H groups in total. The van der Waals surface area contributed by atoms with Gasteiger partial charge in [-0.1, -0.05) is 6.07 Å². The molecule has 20 heavy (non-hydrogen) atoms. The largest absolute Gasteiger partial charge is 0.496 e. The number of likely N-dealkylation sites (tertiary alicyclic amines) is 1. The van der Waals surface area contributed by atoms with Gasteiger partial charge in [-0.2, -0.15) is 0 Å². The SMILES string of the molecule is COc1cccc(OC)c1CN1CCC2(CCNC2)C1. The van der Waals surface area contributed by atoms with E-state index in [1.807, 2.05) is 18.2 Å². The van der Waals surface area contributed by atoms with Gasteiger partial charge in [-0.05, 0) is 43.5 Å². The Morgan fingerprint density at radius 3 is 2.55 bits per heavy atom. The minimum Gasteiger partial charge on any atom is -0.496 e. The van der Waals surface area contributed by atoms with Gasteiger partial charge in [0, 0.05) is 19.6 Å². The lowest BCUT2D eigenvalue weighted by Gasteiger charge is -2.24. The Kier molecular flexibility index (Phi) is 3.85. The molecule has 3 rings (SSSR count). The molecule has 0 radical (unpaired) electrons. The molecule has 1 aromatic carbocycles. The summed E-state index contributed by atoms with van der Waals surface area (Å²) in [5.41, 5.74) is 1.68. The molecule has 2 heterocycles. The summed E-state index contributed by atoms with van der Waals surface area (Å²) in [4.78, 5) is 2.54. The lowest BCUT2D eigenvalue weighted by molar-refractivity contribution is 0.261. The molecule has 0 saturated carbocycles. The van der Waals surface area contributed by atoms with E-state index in [1.165, 1.54) is 44.6 Å². The summed E-state index contributed by atoms with van der Waals surface area (Å²) in [5.74, 6) is 1.85. The second kappa shape index (κ2) is 5.62. The van der Waals surface area contributed by atoms with Crippen molar-refractivity contribution in [2.24, 2.45) is 5.41 Å². The van der Waals surface area contributed by atoms with Crippen molar-refractivity contribution < 1.29 is 9.47 Å². The van der Waals surface area contributed by atoms with Crippen LogP contribution < -0.4 is 14.8 Å². The number of hydrogen-bond acceptors (Lipinski definition) is 4. The molecule has 2 saturated heterocycles. The highest BCUT2D eigenvalue weighted by molar-refractivity contribution is 5.44. The Morgan fingerprint density at radius 1 is 1.20 bits per heavy atom. The molecule has 110 valence electrons. The van der Waals surface area contributed by atoms with Crippen LogP contribution in [0.5, 0.6) is 11.5 Å². The van der Waals surface area contributed by atoms with Crippen LogP contribution in [0.2, 0.25) is 0 Å². The fourth-order valence-electron chi connectivity index (χ4n) is 3.61. The zero-order valence-electron chi connectivity index (χ0n) is 12.4. The molecule has 1 atom stereocenters. The molecule has 2 fully saturated rings. The van der Waals surface area contributed by atoms with Gasteiger partial charge in [0.15, 0.2) is 0 Å². The monoisotopic (exact) mass is 276 g/mol. The van der Waals surface area contributed by atoms with Crippen LogP contribution in [0.15, 0.2) is 18.2 Å². The molecule has 0 amide bonds. The summed E-state index contributed by atoms with van der Waals surface area (Å²) in [6.07, 6.45) is 2.62. The minimum atomic E-state index is 0.509. The smallest absolute Gasteiger partial charge is 0.127 e. The van der Waals surface area contributed by atoms with E-state index < -0.39 is 0 Å². The van der Waals surface area contributed by atoms with Crippen molar-refractivity contribution >= 4 is 0 Å². The Balaban J connectivity index is 1.75. The predicted molar refractivity (Wildman–Crippen MR) is 79.4 cm³/mol. The van der Waals surface area contributed by atoms with Gasteiger partial charge in [-0.15, -0.1) is 0 Å². The van der Waals surface area contributed by atoms with Gasteiger partial charge in [0.2, 0.25) is 0 Å². The molecule has 2 aliphatic rings. The Labute approximate surface area is 121 Å². The first-order chi connectivity index (χ1) is 9.76. The van der Waals surface area contributed by atoms with Crippen LogP contribution in [0, 0.1) is 5.41 Å². The van der Waals surface area contributed by atoms with E-state index in [-0.39, 0.29) is 0 Å². The summed E-state index contributed by atoms with van der Waals surface area (Å²) >= 11 is 0. The molecule has 4 heteroatoms. The molecule has 4 nitrogen and oxygen atoms in total. The van der Waals surface area contributed by atoms with Crippen LogP contribution in [-0.2, 0) is 6.54 Å². The van der Waals surface area contributed by atoms with Crippen LogP contribution in [0.1, 0.15) is 18.4 Å². The highest BCUT2D eigenvalue weighted by atomic mass is 16.5. The maximum absolute atomic E-state index is 5.50. The highest BCUT2D eigenvalue weighted by Gasteiger charge is 2.40. The zero-order valence-corrected chi connectivity index (χ0v) is 12.4. The lowest BCUT2D eigenvalue weighted by Crippen LogP contribution is -2.29. The second-order valence-electron chi connectivity index (χ2n) is 6.03. The average Bonchev–Trinajstić information content (AvgIpc) is 3.10. The Morgan fingerprint density at radius 2 is 1.95 bits per heavy atom. The fraction of sp³-hybridized carbons (Fsp3) is 0.625. The van der Waals surface area contributed by atoms with Crippen LogP contribution in [0.25, 0.3) is 0 Å². The zero-order chi connectivity index (χ0) is 14.0. The van der Waals surface area contributed by atoms with Crippen molar-refractivity contribution in [1.29, 1.82) is 0 Å². The molecular weight excluding hydrogens is 252 g/mol. The first kappa shape index (κ1) is 13.7. The summed E-state index contributed by atoms with van der Waals surface area (Å²) in [6.45, 7) is 5.61. The summed E-state index contributed by atoms with van der Waals surface area (Å²) in [7, 11) is 3.45. The van der Waals surface area contributed by atoms with Gasteiger partial charge < -0.3 is 14.8 Å². The number of nitrogens with zero attached hydrogens (tertiary/aromatic N) is 1. The second-order valence-corrected chi connectivity index (χ2v) is 6.03. The van der Waals surface area contributed by atoms with E-state index in [9.17, 15) is 0 Å². The number of methoxy groups -OCH3 is 2. The van der Waals surface area contributed by atoms with Gasteiger partial charge in [-0.3, -0.25) is 4.90 Å². The maximum Gasteiger partial charge on any atom is 0.127 e. The highest BCUT2D eigenvalue weighted by Crippen LogP contribution is 2.38. The number of benzene rings is 1. The molecule has 1 spiro atoms. The van der Waals surface area contributed by atoms with Crippen LogP contribution in [-0.4, -0.2) is 45.3 Å². The van der Waals surface area contributed by atoms with Crippen molar-refractivity contribution in [3.63, 3.8) is 0 Å². The van der Waals surface area contributed by atoms with Gasteiger partial charge in [0.1, 0.15) is 11.5 Å². The van der Waals surface area contributed by atoms with E-state index >= 15 is 0 Å². The predicted octanol–water partition coefficient (Wildman–Crippen LogP) is 1.89. The Bertz CT molecular complexity index is 447. The summed E-state index contributed by atoms with van der Waals surface area (Å²) < 4.78 is 11.0. The van der Waals surface area contributed by atoms with Crippen LogP contribution >= 0.6 is 0 Å². The van der Waals surface area contributed by atoms with Crippen molar-refractivity contribution in [3.8, 4) is 11.5 Å². The van der Waals surface area contributed by atoms with Crippen molar-refractivity contribution in [1.82, 2.24) is 10.2 Å². The van der Waals surface area contributed by atoms with E-state index in [2.05, 4.69) is 10.2 Å². The quantitative estimate of drug-likeness (QED) is 0.910. The molecular formula is C16H24N2O2. The molecule has 1 unspecified atom stereocenters. The van der Waals surface area contributed by atoms with Crippen LogP contribution in [0.3, 0.4) is 0 Å². The van der Waals surface area contributed by atoms with Gasteiger partial charge >= 0.3 is 0 Å². The molecule has 0 aliphatic carbocycles. The van der Waals surface area contributed by atoms with E-state index in [0.717, 1.165) is 18.0 Å². The Hall–Kier alpha value is -1.26. The van der Waals surface area contributed by atoms with Crippen molar-refractivity contribution in [3.05, 3.63) is 23.8 Å². The molecule has 1 aromatic rings. The van der Waals surface area contributed by atoms with Gasteiger partial charge in [0.05, 0.1) is 19.8 Å². The topological polar surface area (TPSA) is 33.7 Å². The van der Waals surface area contributed by atoms with E-state index in [1.54, 1.807) is 14.2 Å². The lowest BCUT2D eigenvalue weighted by atomic mass is 9.86. The summed E-state index contributed by atoms with van der Waals surface area (Å²) in [6, 6.07) is 6.01. The van der Waals surface area contributed by atoms with Crippen molar-refractivity contribution in [2.45, 2.75) is 19.4 Å². The third kappa shape index (κ3) is 2.50. The molecule has 0 bridgehead atoms. The standard InChI is InChI=1S/C16H24N2O2/c1-19-14-4-3-5-15(20-2)13(14)10-18-9-7-16(12-18)6-8-17-11-16/h3-5,17H,6-12H2,1-2H3. The van der Waals surface area contributed by atoms with Gasteiger partial charge in [-0.25, -0.2) is 0 Å². The normalized spacial score (nSPS) is 26.3. The first-order valence-electron chi connectivity index (χ1n) is 7.39. The fourth-order valence-corrected chi connectivity index (χ4v) is 3.61. The average molecular weight is 276 g/mol. The summed E-state index contributed by atoms with van der Waals surface area (Å²) in [5, 5.41) is 3.51. The number of hydrogen-bond donors (Lipinski definition) is 1. The number of rotatable bonds is 4. The maximum atomic E-state index is 5.50. The molecule has 0 aromatic heterocycles. The van der Waals surface area contributed by atoms with E-state index in [4.69, 9.17) is 9.47 Å². The minimum absolute atomic E-state index is 0.509. The van der Waals surface area contributed by atoms with Crippen molar-refractivity contribution in [2.75, 3.05) is 40.4 Å². The van der Waals surface area contributed by atoms with E-state index in [0.29, 0.717) is 5.41 Å². The number of nitrogens with one attached hydrogen (secondary N) is 1. The first-order valence-corrected chi connectivity index (χ1v) is 7.39. The number of ether oxygens (including phenoxy) is 2. The third-order valence-corrected chi connectivity index (χ3v) is 4.76. The van der Waals surface area contributed by atoms with Crippen LogP contribution in [0.4, 0.5) is 0 Å². The molecule has 2 aliphatic heterocycles. The third-order valence-electron chi connectivity index (χ3n) is 4.76.